The molecule has 5 nitrogen and oxygen atoms in total. The summed E-state index contributed by atoms with van der Waals surface area (Å²) in [5, 5.41) is 2.84. The summed E-state index contributed by atoms with van der Waals surface area (Å²) >= 11 is 0. The van der Waals surface area contributed by atoms with E-state index >= 15 is 0 Å². The number of amides is 2. The number of benzene rings is 2. The van der Waals surface area contributed by atoms with E-state index in [2.05, 4.69) is 5.32 Å². The van der Waals surface area contributed by atoms with Crippen LogP contribution in [0.1, 0.15) is 49.4 Å². The van der Waals surface area contributed by atoms with Crippen LogP contribution in [0.15, 0.2) is 48.5 Å². The van der Waals surface area contributed by atoms with E-state index in [1.807, 2.05) is 11.8 Å². The molecule has 0 bridgehead atoms. The Bertz CT molecular complexity index is 830. The predicted octanol–water partition coefficient (Wildman–Crippen LogP) is 4.64. The molecular formula is C23H27FN2O3. The van der Waals surface area contributed by atoms with Gasteiger partial charge in [0.15, 0.2) is 6.10 Å². The number of likely N-dealkylation sites (tertiary alicyclic amines) is 1. The molecule has 1 saturated heterocycles. The highest BCUT2D eigenvalue weighted by Crippen LogP contribution is 2.21. The van der Waals surface area contributed by atoms with Crippen LogP contribution in [0.3, 0.4) is 0 Å². The van der Waals surface area contributed by atoms with E-state index < -0.39 is 6.10 Å². The minimum absolute atomic E-state index is 0.0599. The van der Waals surface area contributed by atoms with E-state index in [-0.39, 0.29) is 17.6 Å². The Labute approximate surface area is 170 Å². The van der Waals surface area contributed by atoms with Crippen LogP contribution in [0, 0.1) is 5.82 Å². The van der Waals surface area contributed by atoms with Gasteiger partial charge < -0.3 is 15.0 Å². The number of carbonyl (C=O) groups excluding carboxylic acids is 2. The van der Waals surface area contributed by atoms with E-state index in [4.69, 9.17) is 4.74 Å². The largest absolute Gasteiger partial charge is 0.481 e. The quantitative estimate of drug-likeness (QED) is 0.771. The van der Waals surface area contributed by atoms with Gasteiger partial charge in [-0.2, -0.15) is 0 Å². The Kier molecular flexibility index (Phi) is 7.22. The van der Waals surface area contributed by atoms with Crippen molar-refractivity contribution in [3.63, 3.8) is 0 Å². The Morgan fingerprint density at radius 1 is 1.03 bits per heavy atom. The van der Waals surface area contributed by atoms with Crippen molar-refractivity contribution in [1.82, 2.24) is 4.90 Å². The number of ether oxygens (including phenoxy) is 1. The number of anilines is 1. The zero-order valence-electron chi connectivity index (χ0n) is 16.7. The number of hydrogen-bond donors (Lipinski definition) is 1. The molecule has 3 rings (SSSR count). The maximum absolute atomic E-state index is 13.1. The molecule has 0 saturated carbocycles. The van der Waals surface area contributed by atoms with Crippen LogP contribution in [-0.2, 0) is 4.79 Å². The molecule has 1 atom stereocenters. The summed E-state index contributed by atoms with van der Waals surface area (Å²) in [4.78, 5) is 27.7. The number of carbonyl (C=O) groups is 2. The molecule has 1 N–H and O–H groups in total. The standard InChI is InChI=1S/C23H27FN2O3/c1-2-21(29-18-13-11-17(24)12-14-18)22(27)25-20-10-6-5-9-19(20)23(28)26-15-7-3-4-8-16-26/h5-6,9-14,21H,2-4,7-8,15-16H2,1H3,(H,25,27)/t21-/m0/s1. The van der Waals surface area contributed by atoms with Crippen LogP contribution >= 0.6 is 0 Å². The first-order valence-corrected chi connectivity index (χ1v) is 10.2. The maximum Gasteiger partial charge on any atom is 0.265 e. The number of para-hydroxylation sites is 1. The Balaban J connectivity index is 1.72. The molecule has 1 aliphatic rings. The topological polar surface area (TPSA) is 58.6 Å². The minimum Gasteiger partial charge on any atom is -0.481 e. The summed E-state index contributed by atoms with van der Waals surface area (Å²) in [6.45, 7) is 3.32. The molecule has 29 heavy (non-hydrogen) atoms. The fourth-order valence-electron chi connectivity index (χ4n) is 3.44. The van der Waals surface area contributed by atoms with Gasteiger partial charge in [-0.25, -0.2) is 4.39 Å². The summed E-state index contributed by atoms with van der Waals surface area (Å²) < 4.78 is 18.8. The molecule has 0 unspecified atom stereocenters. The number of nitrogens with zero attached hydrogens (tertiary/aromatic N) is 1. The van der Waals surface area contributed by atoms with Crippen molar-refractivity contribution in [1.29, 1.82) is 0 Å². The third-order valence-corrected chi connectivity index (χ3v) is 5.06. The molecular weight excluding hydrogens is 371 g/mol. The zero-order chi connectivity index (χ0) is 20.6. The first kappa shape index (κ1) is 20.8. The van der Waals surface area contributed by atoms with Gasteiger partial charge in [0.25, 0.3) is 11.8 Å². The lowest BCUT2D eigenvalue weighted by Gasteiger charge is -2.23. The Morgan fingerprint density at radius 2 is 1.69 bits per heavy atom. The van der Waals surface area contributed by atoms with E-state index in [9.17, 15) is 14.0 Å². The van der Waals surface area contributed by atoms with Crippen molar-refractivity contribution in [2.24, 2.45) is 0 Å². The number of rotatable bonds is 6. The van der Waals surface area contributed by atoms with Crippen molar-refractivity contribution in [3.05, 3.63) is 59.9 Å². The van der Waals surface area contributed by atoms with Crippen molar-refractivity contribution in [2.75, 3.05) is 18.4 Å². The molecule has 0 aromatic heterocycles. The van der Waals surface area contributed by atoms with Crippen LogP contribution < -0.4 is 10.1 Å². The van der Waals surface area contributed by atoms with Crippen LogP contribution in [0.4, 0.5) is 10.1 Å². The lowest BCUT2D eigenvalue weighted by atomic mass is 10.1. The highest BCUT2D eigenvalue weighted by atomic mass is 19.1. The molecule has 6 heteroatoms. The summed E-state index contributed by atoms with van der Waals surface area (Å²) in [5.41, 5.74) is 0.965. The van der Waals surface area contributed by atoms with Gasteiger partial charge >= 0.3 is 0 Å². The van der Waals surface area contributed by atoms with Gasteiger partial charge in [0.05, 0.1) is 11.3 Å². The second kappa shape index (κ2) is 10.0. The average Bonchev–Trinajstić information content (AvgIpc) is 3.03. The van der Waals surface area contributed by atoms with Crippen molar-refractivity contribution in [2.45, 2.75) is 45.1 Å². The molecule has 1 aliphatic heterocycles. The maximum atomic E-state index is 13.1. The van der Waals surface area contributed by atoms with Crippen LogP contribution in [0.25, 0.3) is 0 Å². The molecule has 0 radical (unpaired) electrons. The zero-order valence-corrected chi connectivity index (χ0v) is 16.7. The molecule has 1 heterocycles. The molecule has 2 aromatic carbocycles. The molecule has 0 aliphatic carbocycles. The third kappa shape index (κ3) is 5.56. The van der Waals surface area contributed by atoms with E-state index in [1.165, 1.54) is 24.3 Å². The molecule has 2 amide bonds. The average molecular weight is 398 g/mol. The fraction of sp³-hybridized carbons (Fsp3) is 0.391. The van der Waals surface area contributed by atoms with Gasteiger partial charge in [-0.1, -0.05) is 31.9 Å². The van der Waals surface area contributed by atoms with Crippen molar-refractivity contribution >= 4 is 17.5 Å². The van der Waals surface area contributed by atoms with Gasteiger partial charge in [-0.3, -0.25) is 9.59 Å². The smallest absolute Gasteiger partial charge is 0.265 e. The summed E-state index contributed by atoms with van der Waals surface area (Å²) in [6.07, 6.45) is 3.97. The van der Waals surface area contributed by atoms with Crippen molar-refractivity contribution < 1.29 is 18.7 Å². The third-order valence-electron chi connectivity index (χ3n) is 5.06. The Morgan fingerprint density at radius 3 is 2.34 bits per heavy atom. The molecule has 0 spiro atoms. The summed E-state index contributed by atoms with van der Waals surface area (Å²) in [7, 11) is 0. The van der Waals surface area contributed by atoms with Crippen LogP contribution in [-0.4, -0.2) is 35.9 Å². The second-order valence-electron chi connectivity index (χ2n) is 7.21. The number of nitrogens with one attached hydrogen (secondary N) is 1. The highest BCUT2D eigenvalue weighted by molar-refractivity contribution is 6.04. The van der Waals surface area contributed by atoms with Gasteiger partial charge in [0.2, 0.25) is 0 Å². The lowest BCUT2D eigenvalue weighted by molar-refractivity contribution is -0.122. The fourth-order valence-corrected chi connectivity index (χ4v) is 3.44. The highest BCUT2D eigenvalue weighted by Gasteiger charge is 2.23. The predicted molar refractivity (Wildman–Crippen MR) is 111 cm³/mol. The summed E-state index contributed by atoms with van der Waals surface area (Å²) in [6, 6.07) is 12.6. The van der Waals surface area contributed by atoms with E-state index in [0.29, 0.717) is 23.4 Å². The van der Waals surface area contributed by atoms with E-state index in [1.54, 1.807) is 24.3 Å². The van der Waals surface area contributed by atoms with Crippen LogP contribution in [0.2, 0.25) is 0 Å². The second-order valence-corrected chi connectivity index (χ2v) is 7.21. The molecule has 154 valence electrons. The minimum atomic E-state index is -0.748. The molecule has 2 aromatic rings. The van der Waals surface area contributed by atoms with Gasteiger partial charge in [0.1, 0.15) is 11.6 Å². The van der Waals surface area contributed by atoms with Crippen molar-refractivity contribution in [3.8, 4) is 5.75 Å². The molecule has 1 fully saturated rings. The van der Waals surface area contributed by atoms with Gasteiger partial charge in [0, 0.05) is 13.1 Å². The first-order chi connectivity index (χ1) is 14.1. The monoisotopic (exact) mass is 398 g/mol. The normalized spacial score (nSPS) is 15.3. The Hall–Kier alpha value is -2.89. The van der Waals surface area contributed by atoms with E-state index in [0.717, 1.165) is 38.8 Å². The van der Waals surface area contributed by atoms with Crippen LogP contribution in [0.5, 0.6) is 5.75 Å². The number of halogens is 1. The van der Waals surface area contributed by atoms with Gasteiger partial charge in [-0.15, -0.1) is 0 Å². The summed E-state index contributed by atoms with van der Waals surface area (Å²) in [5.74, 6) is -0.346. The SMILES string of the molecule is CC[C@H](Oc1ccc(F)cc1)C(=O)Nc1ccccc1C(=O)N1CCCCCC1. The number of hydrogen-bond acceptors (Lipinski definition) is 3. The lowest BCUT2D eigenvalue weighted by Crippen LogP contribution is -2.35. The van der Waals surface area contributed by atoms with Gasteiger partial charge in [-0.05, 0) is 55.7 Å². The first-order valence-electron chi connectivity index (χ1n) is 10.2.